The molecule has 4 aromatic rings. The van der Waals surface area contributed by atoms with Crippen LogP contribution >= 0.6 is 0 Å². The summed E-state index contributed by atoms with van der Waals surface area (Å²) in [4.78, 5) is 29.8. The maximum absolute atomic E-state index is 14.5. The first-order chi connectivity index (χ1) is 21.8. The molecule has 4 aromatic carbocycles. The van der Waals surface area contributed by atoms with Crippen molar-refractivity contribution in [1.82, 2.24) is 10.2 Å². The summed E-state index contributed by atoms with van der Waals surface area (Å²) in [6, 6.07) is 30.3. The zero-order chi connectivity index (χ0) is 32.2. The van der Waals surface area contributed by atoms with E-state index in [0.29, 0.717) is 18.7 Å². The van der Waals surface area contributed by atoms with Gasteiger partial charge in [0.1, 0.15) is 24.1 Å². The van der Waals surface area contributed by atoms with Gasteiger partial charge in [-0.2, -0.15) is 0 Å². The molecule has 9 nitrogen and oxygen atoms in total. The molecule has 0 unspecified atom stereocenters. The molecule has 0 fully saturated rings. The van der Waals surface area contributed by atoms with Gasteiger partial charge in [-0.1, -0.05) is 79.7 Å². The molecule has 45 heavy (non-hydrogen) atoms. The smallest absolute Gasteiger partial charge is 0.264 e. The monoisotopic (exact) mass is 629 g/mol. The van der Waals surface area contributed by atoms with Crippen molar-refractivity contribution in [3.63, 3.8) is 0 Å². The van der Waals surface area contributed by atoms with Crippen LogP contribution in [0, 0.1) is 0 Å². The lowest BCUT2D eigenvalue weighted by Crippen LogP contribution is -2.53. The minimum absolute atomic E-state index is 0.0181. The molecule has 4 rings (SSSR count). The fourth-order valence-corrected chi connectivity index (χ4v) is 6.40. The van der Waals surface area contributed by atoms with Crippen molar-refractivity contribution in [3.8, 4) is 11.5 Å². The Morgan fingerprint density at radius 1 is 0.800 bits per heavy atom. The van der Waals surface area contributed by atoms with E-state index >= 15 is 0 Å². The summed E-state index contributed by atoms with van der Waals surface area (Å²) in [6.07, 6.45) is 0.941. The minimum atomic E-state index is -4.23. The summed E-state index contributed by atoms with van der Waals surface area (Å²) in [5.41, 5.74) is 1.78. The van der Waals surface area contributed by atoms with E-state index < -0.39 is 28.5 Å². The van der Waals surface area contributed by atoms with Gasteiger partial charge in [0.2, 0.25) is 11.8 Å². The van der Waals surface area contributed by atoms with Gasteiger partial charge in [0, 0.05) is 19.5 Å². The fourth-order valence-electron chi connectivity index (χ4n) is 4.96. The summed E-state index contributed by atoms with van der Waals surface area (Å²) >= 11 is 0. The van der Waals surface area contributed by atoms with Gasteiger partial charge in [-0.15, -0.1) is 0 Å². The zero-order valence-electron chi connectivity index (χ0n) is 25.8. The average Bonchev–Trinajstić information content (AvgIpc) is 3.08. The van der Waals surface area contributed by atoms with Crippen LogP contribution < -0.4 is 19.1 Å². The Morgan fingerprint density at radius 2 is 1.44 bits per heavy atom. The lowest BCUT2D eigenvalue weighted by atomic mass is 10.0. The molecular weight excluding hydrogens is 590 g/mol. The number of carbonyl (C=O) groups is 2. The van der Waals surface area contributed by atoms with Gasteiger partial charge in [0.05, 0.1) is 24.8 Å². The number of sulfonamides is 1. The normalized spacial score (nSPS) is 11.7. The van der Waals surface area contributed by atoms with Crippen molar-refractivity contribution in [1.29, 1.82) is 0 Å². The van der Waals surface area contributed by atoms with Crippen molar-refractivity contribution < 1.29 is 27.5 Å². The number of rotatable bonds is 15. The van der Waals surface area contributed by atoms with Crippen molar-refractivity contribution in [2.45, 2.75) is 37.2 Å². The third-order valence-corrected chi connectivity index (χ3v) is 9.05. The summed E-state index contributed by atoms with van der Waals surface area (Å²) in [5, 5.41) is 2.95. The van der Waals surface area contributed by atoms with Crippen LogP contribution in [-0.2, 0) is 32.6 Å². The van der Waals surface area contributed by atoms with Crippen molar-refractivity contribution >= 4 is 27.5 Å². The van der Waals surface area contributed by atoms with Crippen LogP contribution in [0.15, 0.2) is 114 Å². The molecule has 1 N–H and O–H groups in total. The van der Waals surface area contributed by atoms with Crippen molar-refractivity contribution in [3.05, 3.63) is 120 Å². The molecule has 2 amide bonds. The Balaban J connectivity index is 1.82. The van der Waals surface area contributed by atoms with Gasteiger partial charge in [-0.25, -0.2) is 8.42 Å². The molecule has 0 aromatic heterocycles. The SMILES string of the molecule is CCCNC(=O)[C@H](Cc1ccccc1)N(Cc1cccc(OC)c1)C(=O)CN(c1ccccc1OC)S(=O)(=O)c1ccccc1. The summed E-state index contributed by atoms with van der Waals surface area (Å²) in [7, 11) is -1.24. The van der Waals surface area contributed by atoms with Crippen molar-refractivity contribution in [2.24, 2.45) is 0 Å². The van der Waals surface area contributed by atoms with Gasteiger partial charge in [-0.3, -0.25) is 13.9 Å². The van der Waals surface area contributed by atoms with Crippen LogP contribution in [0.2, 0.25) is 0 Å². The van der Waals surface area contributed by atoms with Crippen LogP contribution in [0.3, 0.4) is 0 Å². The second-order valence-electron chi connectivity index (χ2n) is 10.4. The minimum Gasteiger partial charge on any atom is -0.497 e. The molecule has 0 spiro atoms. The highest BCUT2D eigenvalue weighted by atomic mass is 32.2. The molecular formula is C35H39N3O6S. The third-order valence-electron chi connectivity index (χ3n) is 7.27. The van der Waals surface area contributed by atoms with E-state index in [4.69, 9.17) is 9.47 Å². The highest BCUT2D eigenvalue weighted by molar-refractivity contribution is 7.92. The lowest BCUT2D eigenvalue weighted by Gasteiger charge is -2.34. The molecule has 236 valence electrons. The van der Waals surface area contributed by atoms with Gasteiger partial charge < -0.3 is 19.7 Å². The number of nitrogens with zero attached hydrogens (tertiary/aromatic N) is 2. The van der Waals surface area contributed by atoms with Crippen LogP contribution in [0.4, 0.5) is 5.69 Å². The van der Waals surface area contributed by atoms with Gasteiger partial charge >= 0.3 is 0 Å². The number of hydrogen-bond acceptors (Lipinski definition) is 6. The summed E-state index contributed by atoms with van der Waals surface area (Å²) in [6.45, 7) is 1.85. The number of ether oxygens (including phenoxy) is 2. The van der Waals surface area contributed by atoms with Gasteiger partial charge in [-0.05, 0) is 53.9 Å². The predicted octanol–water partition coefficient (Wildman–Crippen LogP) is 5.07. The largest absolute Gasteiger partial charge is 0.497 e. The maximum Gasteiger partial charge on any atom is 0.264 e. The number of hydrogen-bond donors (Lipinski definition) is 1. The molecule has 1 atom stereocenters. The topological polar surface area (TPSA) is 105 Å². The molecule has 0 aliphatic carbocycles. The van der Waals surface area contributed by atoms with E-state index in [-0.39, 0.29) is 35.2 Å². The second-order valence-corrected chi connectivity index (χ2v) is 12.2. The Bertz CT molecular complexity index is 1670. The second kappa shape index (κ2) is 15.8. The maximum atomic E-state index is 14.5. The van der Waals surface area contributed by atoms with E-state index in [1.165, 1.54) is 24.1 Å². The number of para-hydroxylation sites is 2. The Hall–Kier alpha value is -4.83. The third kappa shape index (κ3) is 8.42. The lowest BCUT2D eigenvalue weighted by molar-refractivity contribution is -0.140. The Labute approximate surface area is 265 Å². The number of amides is 2. The molecule has 0 aliphatic rings. The first-order valence-electron chi connectivity index (χ1n) is 14.7. The number of methoxy groups -OCH3 is 2. The summed E-state index contributed by atoms with van der Waals surface area (Å²) < 4.78 is 40.3. The number of benzene rings is 4. The Morgan fingerprint density at radius 3 is 2.11 bits per heavy atom. The quantitative estimate of drug-likeness (QED) is 0.197. The number of carbonyl (C=O) groups excluding carboxylic acids is 2. The molecule has 0 radical (unpaired) electrons. The first-order valence-corrected chi connectivity index (χ1v) is 16.2. The van der Waals surface area contributed by atoms with Gasteiger partial charge in [0.15, 0.2) is 0 Å². The van der Waals surface area contributed by atoms with E-state index in [1.807, 2.05) is 43.3 Å². The zero-order valence-corrected chi connectivity index (χ0v) is 26.6. The molecule has 0 aliphatic heterocycles. The van der Waals surface area contributed by atoms with Crippen LogP contribution in [0.5, 0.6) is 11.5 Å². The molecule has 0 saturated heterocycles. The molecule has 0 saturated carbocycles. The van der Waals surface area contributed by atoms with Crippen molar-refractivity contribution in [2.75, 3.05) is 31.6 Å². The average molecular weight is 630 g/mol. The summed E-state index contributed by atoms with van der Waals surface area (Å²) in [5.74, 6) is -0.00885. The number of nitrogens with one attached hydrogen (secondary N) is 1. The number of anilines is 1. The van der Waals surface area contributed by atoms with Crippen LogP contribution in [0.25, 0.3) is 0 Å². The first kappa shape index (κ1) is 33.1. The van der Waals surface area contributed by atoms with Crippen LogP contribution in [-0.4, -0.2) is 58.5 Å². The van der Waals surface area contributed by atoms with Crippen LogP contribution in [0.1, 0.15) is 24.5 Å². The fraction of sp³-hybridized carbons (Fsp3) is 0.257. The molecule has 0 bridgehead atoms. The van der Waals surface area contributed by atoms with E-state index in [1.54, 1.807) is 67.8 Å². The highest BCUT2D eigenvalue weighted by Gasteiger charge is 2.35. The molecule has 0 heterocycles. The van der Waals surface area contributed by atoms with Gasteiger partial charge in [0.25, 0.3) is 10.0 Å². The molecule has 10 heteroatoms. The standard InChI is InChI=1S/C35H39N3O6S/c1-4-22-36-35(40)32(24-27-14-7-5-8-15-27)37(25-28-16-13-17-29(23-28)43-2)34(39)26-38(31-20-11-12-21-33(31)44-3)45(41,42)30-18-9-6-10-19-30/h5-21,23,32H,4,22,24-26H2,1-3H3,(H,36,40)/t32-/m0/s1. The van der Waals surface area contributed by atoms with E-state index in [2.05, 4.69) is 5.32 Å². The highest BCUT2D eigenvalue weighted by Crippen LogP contribution is 2.32. The predicted molar refractivity (Wildman–Crippen MR) is 175 cm³/mol. The Kier molecular flexibility index (Phi) is 11.6. The van der Waals surface area contributed by atoms with E-state index in [9.17, 15) is 18.0 Å². The van der Waals surface area contributed by atoms with E-state index in [0.717, 1.165) is 15.4 Å².